The lowest BCUT2D eigenvalue weighted by Gasteiger charge is -2.26. The zero-order valence-electron chi connectivity index (χ0n) is 18.7. The van der Waals surface area contributed by atoms with Crippen LogP contribution >= 0.6 is 0 Å². The highest BCUT2D eigenvalue weighted by Crippen LogP contribution is 2.23. The summed E-state index contributed by atoms with van der Waals surface area (Å²) in [5, 5.41) is 6.13. The van der Waals surface area contributed by atoms with Gasteiger partial charge in [0.05, 0.1) is 39.0 Å². The zero-order chi connectivity index (χ0) is 22.5. The number of nitrogens with zero attached hydrogens (tertiary/aromatic N) is 3. The Kier molecular flexibility index (Phi) is 6.85. The standard InChI is InChI=1S/C25H29N3O4/c1-3-19-17-21(8-9-23(19)31-2)22-10-11-28(26-22)24(29)16-18-4-6-20(7-5-18)25(30)27-12-14-32-15-13-27/h4-9,17H,3,10-16H2,1-2H3. The topological polar surface area (TPSA) is 71.4 Å². The second-order valence-electron chi connectivity index (χ2n) is 7.97. The van der Waals surface area contributed by atoms with Crippen molar-refractivity contribution in [3.63, 3.8) is 0 Å². The molecular formula is C25H29N3O4. The summed E-state index contributed by atoms with van der Waals surface area (Å²) in [6, 6.07) is 13.3. The Hall–Kier alpha value is -3.19. The van der Waals surface area contributed by atoms with Crippen molar-refractivity contribution >= 4 is 17.5 Å². The molecule has 2 aromatic carbocycles. The molecule has 0 unspecified atom stereocenters. The third-order valence-electron chi connectivity index (χ3n) is 5.94. The Morgan fingerprint density at radius 2 is 1.81 bits per heavy atom. The number of morpholine rings is 1. The molecule has 168 valence electrons. The number of ether oxygens (including phenoxy) is 2. The number of methoxy groups -OCH3 is 1. The average molecular weight is 436 g/mol. The Labute approximate surface area is 188 Å². The maximum Gasteiger partial charge on any atom is 0.254 e. The summed E-state index contributed by atoms with van der Waals surface area (Å²) in [6.07, 6.45) is 1.86. The van der Waals surface area contributed by atoms with Crippen molar-refractivity contribution in [2.24, 2.45) is 5.10 Å². The minimum absolute atomic E-state index is 0.00546. The van der Waals surface area contributed by atoms with Gasteiger partial charge in [-0.25, -0.2) is 5.01 Å². The second kappa shape index (κ2) is 9.96. The number of rotatable bonds is 6. The number of hydrazone groups is 1. The van der Waals surface area contributed by atoms with Crippen molar-refractivity contribution in [1.29, 1.82) is 0 Å². The second-order valence-corrected chi connectivity index (χ2v) is 7.97. The van der Waals surface area contributed by atoms with Crippen molar-refractivity contribution in [2.75, 3.05) is 40.0 Å². The van der Waals surface area contributed by atoms with Crippen molar-refractivity contribution in [3.8, 4) is 5.75 Å². The van der Waals surface area contributed by atoms with E-state index in [0.29, 0.717) is 38.4 Å². The van der Waals surface area contributed by atoms with Gasteiger partial charge in [0, 0.05) is 25.1 Å². The number of hydrogen-bond acceptors (Lipinski definition) is 5. The molecule has 0 N–H and O–H groups in total. The van der Waals surface area contributed by atoms with Crippen LogP contribution in [0.15, 0.2) is 47.6 Å². The number of aryl methyl sites for hydroxylation is 1. The minimum Gasteiger partial charge on any atom is -0.496 e. The minimum atomic E-state index is -0.0449. The van der Waals surface area contributed by atoms with Crippen LogP contribution < -0.4 is 4.74 Å². The average Bonchev–Trinajstić information content (AvgIpc) is 3.35. The molecule has 0 atom stereocenters. The van der Waals surface area contributed by atoms with Gasteiger partial charge in [0.25, 0.3) is 5.91 Å². The molecule has 2 aliphatic rings. The van der Waals surface area contributed by atoms with Gasteiger partial charge in [-0.2, -0.15) is 5.10 Å². The van der Waals surface area contributed by atoms with Gasteiger partial charge in [0.1, 0.15) is 5.75 Å². The smallest absolute Gasteiger partial charge is 0.254 e. The molecule has 2 heterocycles. The largest absolute Gasteiger partial charge is 0.496 e. The van der Waals surface area contributed by atoms with Crippen LogP contribution in [0.4, 0.5) is 0 Å². The van der Waals surface area contributed by atoms with Gasteiger partial charge in [-0.15, -0.1) is 0 Å². The van der Waals surface area contributed by atoms with Gasteiger partial charge in [-0.3, -0.25) is 9.59 Å². The van der Waals surface area contributed by atoms with E-state index in [2.05, 4.69) is 18.1 Å². The van der Waals surface area contributed by atoms with Gasteiger partial charge in [-0.1, -0.05) is 19.1 Å². The van der Waals surface area contributed by atoms with Crippen LogP contribution in [0, 0.1) is 0 Å². The maximum absolute atomic E-state index is 12.8. The van der Waals surface area contributed by atoms with Crippen LogP contribution in [-0.2, 0) is 22.4 Å². The van der Waals surface area contributed by atoms with Gasteiger partial charge < -0.3 is 14.4 Å². The molecule has 7 nitrogen and oxygen atoms in total. The first kappa shape index (κ1) is 22.0. The lowest BCUT2D eigenvalue weighted by atomic mass is 10.0. The van der Waals surface area contributed by atoms with Gasteiger partial charge in [0.15, 0.2) is 0 Å². The van der Waals surface area contributed by atoms with E-state index in [0.717, 1.165) is 41.0 Å². The molecule has 2 amide bonds. The summed E-state index contributed by atoms with van der Waals surface area (Å²) in [5.74, 6) is 0.834. The third-order valence-corrected chi connectivity index (χ3v) is 5.94. The molecule has 0 spiro atoms. The molecule has 0 saturated carbocycles. The molecule has 32 heavy (non-hydrogen) atoms. The predicted molar refractivity (Wildman–Crippen MR) is 122 cm³/mol. The molecule has 2 aliphatic heterocycles. The third kappa shape index (κ3) is 4.83. The van der Waals surface area contributed by atoms with Crippen LogP contribution in [0.2, 0.25) is 0 Å². The van der Waals surface area contributed by atoms with E-state index in [4.69, 9.17) is 9.47 Å². The van der Waals surface area contributed by atoms with E-state index in [9.17, 15) is 9.59 Å². The highest BCUT2D eigenvalue weighted by Gasteiger charge is 2.23. The monoisotopic (exact) mass is 435 g/mol. The molecule has 4 rings (SSSR count). The summed E-state index contributed by atoms with van der Waals surface area (Å²) >= 11 is 0. The van der Waals surface area contributed by atoms with Crippen molar-refractivity contribution in [2.45, 2.75) is 26.2 Å². The van der Waals surface area contributed by atoms with Crippen LogP contribution in [0.25, 0.3) is 0 Å². The molecule has 2 aromatic rings. The summed E-state index contributed by atoms with van der Waals surface area (Å²) in [6.45, 7) is 5.05. The Morgan fingerprint density at radius 1 is 1.06 bits per heavy atom. The first-order chi connectivity index (χ1) is 15.6. The lowest BCUT2D eigenvalue weighted by molar-refractivity contribution is -0.130. The van der Waals surface area contributed by atoms with Crippen LogP contribution in [0.3, 0.4) is 0 Å². The summed E-state index contributed by atoms with van der Waals surface area (Å²) < 4.78 is 10.7. The lowest BCUT2D eigenvalue weighted by Crippen LogP contribution is -2.40. The van der Waals surface area contributed by atoms with Crippen molar-refractivity contribution in [1.82, 2.24) is 9.91 Å². The van der Waals surface area contributed by atoms with Crippen molar-refractivity contribution in [3.05, 3.63) is 64.7 Å². The zero-order valence-corrected chi connectivity index (χ0v) is 18.7. The van der Waals surface area contributed by atoms with E-state index in [1.807, 2.05) is 24.3 Å². The summed E-state index contributed by atoms with van der Waals surface area (Å²) in [5.41, 5.74) is 4.58. The number of carbonyl (C=O) groups excluding carboxylic acids is 2. The molecule has 0 bridgehead atoms. The quantitative estimate of drug-likeness (QED) is 0.700. The molecule has 0 radical (unpaired) electrons. The van der Waals surface area contributed by atoms with Crippen LogP contribution in [-0.4, -0.2) is 67.4 Å². The highest BCUT2D eigenvalue weighted by atomic mass is 16.5. The van der Waals surface area contributed by atoms with Crippen LogP contribution in [0.5, 0.6) is 5.75 Å². The number of benzene rings is 2. The number of carbonyl (C=O) groups is 2. The molecule has 1 fully saturated rings. The summed E-state index contributed by atoms with van der Waals surface area (Å²) in [4.78, 5) is 27.2. The molecule has 0 aromatic heterocycles. The SMILES string of the molecule is CCc1cc(C2=NN(C(=O)Cc3ccc(C(=O)N4CCOCC4)cc3)CC2)ccc1OC. The molecule has 7 heteroatoms. The Morgan fingerprint density at radius 3 is 2.50 bits per heavy atom. The van der Waals surface area contributed by atoms with E-state index in [1.54, 1.807) is 29.2 Å². The van der Waals surface area contributed by atoms with E-state index >= 15 is 0 Å². The normalized spacial score (nSPS) is 16.1. The first-order valence-electron chi connectivity index (χ1n) is 11.1. The van der Waals surface area contributed by atoms with E-state index in [-0.39, 0.29) is 18.2 Å². The maximum atomic E-state index is 12.8. The first-order valence-corrected chi connectivity index (χ1v) is 11.1. The number of hydrogen-bond donors (Lipinski definition) is 0. The Balaban J connectivity index is 1.39. The van der Waals surface area contributed by atoms with E-state index in [1.165, 1.54) is 0 Å². The van der Waals surface area contributed by atoms with E-state index < -0.39 is 0 Å². The van der Waals surface area contributed by atoms with Crippen molar-refractivity contribution < 1.29 is 19.1 Å². The van der Waals surface area contributed by atoms with Crippen LogP contribution in [0.1, 0.15) is 40.4 Å². The fourth-order valence-electron chi connectivity index (χ4n) is 4.05. The Bertz CT molecular complexity index is 1010. The fourth-order valence-corrected chi connectivity index (χ4v) is 4.05. The molecule has 0 aliphatic carbocycles. The summed E-state index contributed by atoms with van der Waals surface area (Å²) in [7, 11) is 1.67. The van der Waals surface area contributed by atoms with Gasteiger partial charge in [0.2, 0.25) is 5.91 Å². The van der Waals surface area contributed by atoms with Gasteiger partial charge in [-0.05, 0) is 53.4 Å². The fraction of sp³-hybridized carbons (Fsp3) is 0.400. The molecule has 1 saturated heterocycles. The van der Waals surface area contributed by atoms with Gasteiger partial charge >= 0.3 is 0 Å². The predicted octanol–water partition coefficient (Wildman–Crippen LogP) is 2.91. The molecular weight excluding hydrogens is 406 g/mol. The highest BCUT2D eigenvalue weighted by molar-refractivity contribution is 6.03. The number of amides is 2.